The van der Waals surface area contributed by atoms with Crippen molar-refractivity contribution in [3.8, 4) is 0 Å². The van der Waals surface area contributed by atoms with E-state index in [1.165, 1.54) is 0 Å². The predicted molar refractivity (Wildman–Crippen MR) is 82.0 cm³/mol. The highest BCUT2D eigenvalue weighted by molar-refractivity contribution is 5.96. The third kappa shape index (κ3) is 2.75. The smallest absolute Gasteiger partial charge is 0.255 e. The van der Waals surface area contributed by atoms with Crippen LogP contribution in [0.2, 0.25) is 0 Å². The molecule has 1 fully saturated rings. The third-order valence-corrected chi connectivity index (χ3v) is 4.26. The number of carbonyl (C=O) groups is 1. The Bertz CT molecular complexity index is 480. The number of nitrogens with zero attached hydrogens (tertiary/aromatic N) is 1. The molecular weight excluding hydrogens is 250 g/mol. The fourth-order valence-electron chi connectivity index (χ4n) is 2.76. The zero-order chi connectivity index (χ0) is 15.0. The van der Waals surface area contributed by atoms with E-state index >= 15 is 0 Å². The molecule has 1 aromatic heterocycles. The molecule has 20 heavy (non-hydrogen) atoms. The number of aromatic amines is 1. The third-order valence-electron chi connectivity index (χ3n) is 4.26. The second-order valence-corrected chi connectivity index (χ2v) is 6.71. The quantitative estimate of drug-likeness (QED) is 0.892. The van der Waals surface area contributed by atoms with E-state index in [9.17, 15) is 4.79 Å². The van der Waals surface area contributed by atoms with Crippen molar-refractivity contribution in [2.24, 2.45) is 11.7 Å². The first-order chi connectivity index (χ1) is 9.31. The Balaban J connectivity index is 2.29. The lowest BCUT2D eigenvalue weighted by Crippen LogP contribution is -2.32. The lowest BCUT2D eigenvalue weighted by Gasteiger charge is -2.17. The standard InChI is InChI=1S/C16H27N3O/c1-9(2)14-6-12(15(18-14)10(3)4)16(20)19-7-11(5)13(17)8-19/h6,9-11,13,18H,7-8,17H2,1-5H3/t11-,13-/m1/s1. The Morgan fingerprint density at radius 2 is 1.95 bits per heavy atom. The van der Waals surface area contributed by atoms with Crippen molar-refractivity contribution in [3.05, 3.63) is 23.0 Å². The molecule has 0 aliphatic carbocycles. The molecule has 1 aliphatic heterocycles. The number of aromatic nitrogens is 1. The SMILES string of the molecule is CC(C)c1cc(C(=O)N2C[C@@H](C)[C@H](N)C2)c(C(C)C)[nH]1. The molecule has 4 nitrogen and oxygen atoms in total. The van der Waals surface area contributed by atoms with Crippen molar-refractivity contribution in [1.82, 2.24) is 9.88 Å². The Morgan fingerprint density at radius 3 is 2.40 bits per heavy atom. The number of hydrogen-bond acceptors (Lipinski definition) is 2. The van der Waals surface area contributed by atoms with E-state index in [-0.39, 0.29) is 11.9 Å². The summed E-state index contributed by atoms with van der Waals surface area (Å²) in [5, 5.41) is 0. The summed E-state index contributed by atoms with van der Waals surface area (Å²) in [6.07, 6.45) is 0. The fourth-order valence-corrected chi connectivity index (χ4v) is 2.76. The van der Waals surface area contributed by atoms with Gasteiger partial charge in [-0.25, -0.2) is 0 Å². The summed E-state index contributed by atoms with van der Waals surface area (Å²) < 4.78 is 0. The van der Waals surface area contributed by atoms with Crippen LogP contribution in [0.25, 0.3) is 0 Å². The van der Waals surface area contributed by atoms with Gasteiger partial charge < -0.3 is 15.6 Å². The van der Waals surface area contributed by atoms with Crippen molar-refractivity contribution < 1.29 is 4.79 Å². The van der Waals surface area contributed by atoms with Gasteiger partial charge in [-0.05, 0) is 23.8 Å². The summed E-state index contributed by atoms with van der Waals surface area (Å²) in [6, 6.07) is 2.13. The van der Waals surface area contributed by atoms with Crippen LogP contribution < -0.4 is 5.73 Å². The van der Waals surface area contributed by atoms with Gasteiger partial charge in [-0.3, -0.25) is 4.79 Å². The molecule has 112 valence electrons. The van der Waals surface area contributed by atoms with Crippen LogP contribution in [-0.4, -0.2) is 34.9 Å². The van der Waals surface area contributed by atoms with Gasteiger partial charge in [-0.2, -0.15) is 0 Å². The van der Waals surface area contributed by atoms with Gasteiger partial charge in [0.2, 0.25) is 0 Å². The molecule has 0 radical (unpaired) electrons. The number of nitrogens with one attached hydrogen (secondary N) is 1. The molecule has 0 bridgehead atoms. The highest BCUT2D eigenvalue weighted by atomic mass is 16.2. The van der Waals surface area contributed by atoms with Crippen molar-refractivity contribution in [2.45, 2.75) is 52.5 Å². The average Bonchev–Trinajstić information content (AvgIpc) is 2.93. The topological polar surface area (TPSA) is 62.1 Å². The van der Waals surface area contributed by atoms with Gasteiger partial charge in [-0.15, -0.1) is 0 Å². The highest BCUT2D eigenvalue weighted by Gasteiger charge is 2.32. The van der Waals surface area contributed by atoms with Crippen LogP contribution >= 0.6 is 0 Å². The summed E-state index contributed by atoms with van der Waals surface area (Å²) in [6.45, 7) is 12.0. The Kier molecular flexibility index (Phi) is 4.23. The molecule has 1 saturated heterocycles. The number of rotatable bonds is 3. The first-order valence-electron chi connectivity index (χ1n) is 7.58. The van der Waals surface area contributed by atoms with E-state index < -0.39 is 0 Å². The molecule has 1 aliphatic rings. The second kappa shape index (κ2) is 5.60. The van der Waals surface area contributed by atoms with Crippen molar-refractivity contribution in [3.63, 3.8) is 0 Å². The fraction of sp³-hybridized carbons (Fsp3) is 0.688. The Labute approximate surface area is 121 Å². The van der Waals surface area contributed by atoms with Crippen molar-refractivity contribution >= 4 is 5.91 Å². The predicted octanol–water partition coefficient (Wildman–Crippen LogP) is 2.68. The van der Waals surface area contributed by atoms with E-state index in [4.69, 9.17) is 5.73 Å². The molecule has 1 amide bonds. The number of hydrogen-bond donors (Lipinski definition) is 2. The Hall–Kier alpha value is -1.29. The molecule has 0 aromatic carbocycles. The zero-order valence-electron chi connectivity index (χ0n) is 13.2. The van der Waals surface area contributed by atoms with Crippen molar-refractivity contribution in [2.75, 3.05) is 13.1 Å². The van der Waals surface area contributed by atoms with Crippen LogP contribution in [0.3, 0.4) is 0 Å². The number of nitrogens with two attached hydrogens (primary N) is 1. The average molecular weight is 277 g/mol. The zero-order valence-corrected chi connectivity index (χ0v) is 13.2. The monoisotopic (exact) mass is 277 g/mol. The van der Waals surface area contributed by atoms with Crippen molar-refractivity contribution in [1.29, 1.82) is 0 Å². The van der Waals surface area contributed by atoms with Gasteiger partial charge in [0.25, 0.3) is 5.91 Å². The minimum absolute atomic E-state index is 0.102. The number of likely N-dealkylation sites (tertiary alicyclic amines) is 1. The molecule has 2 rings (SSSR count). The molecule has 4 heteroatoms. The van der Waals surface area contributed by atoms with E-state index in [0.717, 1.165) is 23.5 Å². The number of carbonyl (C=O) groups excluding carboxylic acids is 1. The summed E-state index contributed by atoms with van der Waals surface area (Å²) in [4.78, 5) is 18.1. The molecule has 1 aromatic rings. The maximum atomic E-state index is 12.7. The summed E-state index contributed by atoms with van der Waals surface area (Å²) in [5.41, 5.74) is 9.04. The summed E-state index contributed by atoms with van der Waals surface area (Å²) in [5.74, 6) is 1.21. The first-order valence-corrected chi connectivity index (χ1v) is 7.58. The minimum atomic E-state index is 0.102. The summed E-state index contributed by atoms with van der Waals surface area (Å²) in [7, 11) is 0. The van der Waals surface area contributed by atoms with Crippen LogP contribution in [0, 0.1) is 5.92 Å². The number of amides is 1. The van der Waals surface area contributed by atoms with Crippen LogP contribution in [0.15, 0.2) is 6.07 Å². The van der Waals surface area contributed by atoms with Gasteiger partial charge >= 0.3 is 0 Å². The second-order valence-electron chi connectivity index (χ2n) is 6.71. The van der Waals surface area contributed by atoms with Gasteiger partial charge in [0.05, 0.1) is 5.56 Å². The normalized spacial score (nSPS) is 23.1. The lowest BCUT2D eigenvalue weighted by atomic mass is 10.0. The molecule has 0 spiro atoms. The minimum Gasteiger partial charge on any atom is -0.361 e. The van der Waals surface area contributed by atoms with Gasteiger partial charge in [0.15, 0.2) is 0 Å². The van der Waals surface area contributed by atoms with Crippen LogP contribution in [-0.2, 0) is 0 Å². The van der Waals surface area contributed by atoms with E-state index in [2.05, 4.69) is 39.6 Å². The van der Waals surface area contributed by atoms with Crippen LogP contribution in [0.4, 0.5) is 0 Å². The van der Waals surface area contributed by atoms with Gasteiger partial charge in [0.1, 0.15) is 0 Å². The molecule has 3 N–H and O–H groups in total. The molecule has 2 atom stereocenters. The highest BCUT2D eigenvalue weighted by Crippen LogP contribution is 2.27. The van der Waals surface area contributed by atoms with Gasteiger partial charge in [-0.1, -0.05) is 34.6 Å². The van der Waals surface area contributed by atoms with Crippen LogP contribution in [0.5, 0.6) is 0 Å². The molecular formula is C16H27N3O. The summed E-state index contributed by atoms with van der Waals surface area (Å²) >= 11 is 0. The Morgan fingerprint density at radius 1 is 1.30 bits per heavy atom. The molecule has 0 unspecified atom stereocenters. The lowest BCUT2D eigenvalue weighted by molar-refractivity contribution is 0.0785. The number of H-pyrrole nitrogens is 1. The maximum Gasteiger partial charge on any atom is 0.255 e. The van der Waals surface area contributed by atoms with E-state index in [0.29, 0.717) is 24.3 Å². The first kappa shape index (κ1) is 15.1. The molecule has 2 heterocycles. The molecule has 0 saturated carbocycles. The van der Waals surface area contributed by atoms with E-state index in [1.807, 2.05) is 11.0 Å². The van der Waals surface area contributed by atoms with Gasteiger partial charge in [0, 0.05) is 30.5 Å². The largest absolute Gasteiger partial charge is 0.361 e. The van der Waals surface area contributed by atoms with Crippen LogP contribution in [0.1, 0.15) is 68.2 Å². The van der Waals surface area contributed by atoms with E-state index in [1.54, 1.807) is 0 Å². The maximum absolute atomic E-state index is 12.7.